The zero-order chi connectivity index (χ0) is 9.14. The molecular formula is C9H11ClO3. The monoisotopic (exact) mass is 202 g/mol. The number of hydrogen-bond donors (Lipinski definition) is 1. The first-order valence-corrected chi connectivity index (χ1v) is 3.53. The van der Waals surface area contributed by atoms with E-state index in [1.54, 1.807) is 25.1 Å². The molecule has 0 saturated carbocycles. The molecule has 0 bridgehead atoms. The van der Waals surface area contributed by atoms with Gasteiger partial charge in [-0.05, 0) is 19.1 Å². The molecule has 0 amide bonds. The fourth-order valence-electron chi connectivity index (χ4n) is 1.07. The maximum Gasteiger partial charge on any atom is 0.336 e. The predicted molar refractivity (Wildman–Crippen MR) is 51.9 cm³/mol. The van der Waals surface area contributed by atoms with Crippen LogP contribution in [0.1, 0.15) is 15.9 Å². The van der Waals surface area contributed by atoms with Crippen LogP contribution >= 0.6 is 12.4 Å². The van der Waals surface area contributed by atoms with Gasteiger partial charge in [0, 0.05) is 5.56 Å². The third-order valence-electron chi connectivity index (χ3n) is 1.73. The van der Waals surface area contributed by atoms with Crippen LogP contribution in [0.15, 0.2) is 18.2 Å². The van der Waals surface area contributed by atoms with E-state index in [0.29, 0.717) is 11.3 Å². The minimum absolute atomic E-state index is 0. The van der Waals surface area contributed by atoms with Gasteiger partial charge in [-0.2, -0.15) is 0 Å². The first kappa shape index (κ1) is 11.8. The Morgan fingerprint density at radius 2 is 2.08 bits per heavy atom. The quantitative estimate of drug-likeness (QED) is 0.799. The lowest BCUT2D eigenvalue weighted by Gasteiger charge is -2.05. The number of carboxylic acids is 1. The summed E-state index contributed by atoms with van der Waals surface area (Å²) in [5.41, 5.74) is 0.946. The summed E-state index contributed by atoms with van der Waals surface area (Å²) in [6.45, 7) is 1.72. The molecular weight excluding hydrogens is 192 g/mol. The van der Waals surface area contributed by atoms with Gasteiger partial charge in [-0.3, -0.25) is 0 Å². The van der Waals surface area contributed by atoms with Crippen LogP contribution in [0.25, 0.3) is 0 Å². The van der Waals surface area contributed by atoms with Crippen molar-refractivity contribution in [1.29, 1.82) is 0 Å². The molecule has 4 heteroatoms. The summed E-state index contributed by atoms with van der Waals surface area (Å²) in [7, 11) is 1.52. The third-order valence-corrected chi connectivity index (χ3v) is 1.73. The molecule has 72 valence electrons. The SMILES string of the molecule is COc1cccc(C(=O)O)c1C.Cl. The topological polar surface area (TPSA) is 46.5 Å². The molecule has 1 aromatic rings. The summed E-state index contributed by atoms with van der Waals surface area (Å²) in [5.74, 6) is -0.318. The van der Waals surface area contributed by atoms with Gasteiger partial charge in [0.25, 0.3) is 0 Å². The van der Waals surface area contributed by atoms with Gasteiger partial charge in [-0.1, -0.05) is 6.07 Å². The van der Waals surface area contributed by atoms with E-state index in [2.05, 4.69) is 0 Å². The zero-order valence-corrected chi connectivity index (χ0v) is 8.22. The number of carboxylic acid groups (broad SMARTS) is 1. The van der Waals surface area contributed by atoms with Crippen molar-refractivity contribution < 1.29 is 14.6 Å². The molecule has 0 aliphatic heterocycles. The maximum atomic E-state index is 10.6. The first-order chi connectivity index (χ1) is 5.66. The fraction of sp³-hybridized carbons (Fsp3) is 0.222. The standard InChI is InChI=1S/C9H10O3.ClH/c1-6-7(9(10)11)4-3-5-8(6)12-2;/h3-5H,1-2H3,(H,10,11);1H. The molecule has 13 heavy (non-hydrogen) atoms. The van der Waals surface area contributed by atoms with Gasteiger partial charge in [-0.25, -0.2) is 4.79 Å². The molecule has 1 aromatic carbocycles. The normalized spacial score (nSPS) is 8.77. The molecule has 0 fully saturated rings. The van der Waals surface area contributed by atoms with E-state index >= 15 is 0 Å². The van der Waals surface area contributed by atoms with E-state index in [9.17, 15) is 4.79 Å². The molecule has 3 nitrogen and oxygen atoms in total. The molecule has 0 unspecified atom stereocenters. The van der Waals surface area contributed by atoms with E-state index in [4.69, 9.17) is 9.84 Å². The van der Waals surface area contributed by atoms with Crippen molar-refractivity contribution in [2.45, 2.75) is 6.92 Å². The fourth-order valence-corrected chi connectivity index (χ4v) is 1.07. The lowest BCUT2D eigenvalue weighted by Crippen LogP contribution is -2.00. The minimum Gasteiger partial charge on any atom is -0.496 e. The predicted octanol–water partition coefficient (Wildman–Crippen LogP) is 2.12. The highest BCUT2D eigenvalue weighted by Gasteiger charge is 2.09. The Morgan fingerprint density at radius 3 is 2.54 bits per heavy atom. The Bertz CT molecular complexity index is 310. The summed E-state index contributed by atoms with van der Waals surface area (Å²) in [5, 5.41) is 8.73. The van der Waals surface area contributed by atoms with Crippen LogP contribution in [0.4, 0.5) is 0 Å². The molecule has 0 heterocycles. The van der Waals surface area contributed by atoms with Crippen LogP contribution < -0.4 is 4.74 Å². The number of carbonyl (C=O) groups is 1. The van der Waals surface area contributed by atoms with E-state index < -0.39 is 5.97 Å². The van der Waals surface area contributed by atoms with Crippen LogP contribution in [0.3, 0.4) is 0 Å². The Hall–Kier alpha value is -1.22. The van der Waals surface area contributed by atoms with E-state index in [1.807, 2.05) is 0 Å². The van der Waals surface area contributed by atoms with Crippen molar-refractivity contribution in [3.05, 3.63) is 29.3 Å². The van der Waals surface area contributed by atoms with Crippen molar-refractivity contribution in [3.63, 3.8) is 0 Å². The maximum absolute atomic E-state index is 10.6. The smallest absolute Gasteiger partial charge is 0.336 e. The lowest BCUT2D eigenvalue weighted by atomic mass is 10.1. The number of ether oxygens (including phenoxy) is 1. The Labute approximate surface area is 82.7 Å². The minimum atomic E-state index is -0.925. The molecule has 0 aliphatic rings. The second-order valence-electron chi connectivity index (χ2n) is 2.44. The van der Waals surface area contributed by atoms with Gasteiger partial charge in [0.05, 0.1) is 12.7 Å². The second-order valence-corrected chi connectivity index (χ2v) is 2.44. The highest BCUT2D eigenvalue weighted by molar-refractivity contribution is 5.90. The van der Waals surface area contributed by atoms with Crippen molar-refractivity contribution in [3.8, 4) is 5.75 Å². The Morgan fingerprint density at radius 1 is 1.46 bits per heavy atom. The first-order valence-electron chi connectivity index (χ1n) is 3.53. The Kier molecular flexibility index (Phi) is 4.28. The molecule has 0 radical (unpaired) electrons. The summed E-state index contributed by atoms with van der Waals surface area (Å²) in [4.78, 5) is 10.6. The number of halogens is 1. The lowest BCUT2D eigenvalue weighted by molar-refractivity contribution is 0.0695. The molecule has 1 N–H and O–H groups in total. The van der Waals surface area contributed by atoms with Gasteiger partial charge >= 0.3 is 5.97 Å². The van der Waals surface area contributed by atoms with Crippen LogP contribution in [0.2, 0.25) is 0 Å². The summed E-state index contributed by atoms with van der Waals surface area (Å²) in [6.07, 6.45) is 0. The van der Waals surface area contributed by atoms with Gasteiger partial charge in [-0.15, -0.1) is 12.4 Å². The number of rotatable bonds is 2. The van der Waals surface area contributed by atoms with E-state index in [-0.39, 0.29) is 18.0 Å². The number of benzene rings is 1. The summed E-state index contributed by atoms with van der Waals surface area (Å²) < 4.78 is 4.97. The molecule has 0 atom stereocenters. The van der Waals surface area contributed by atoms with Crippen LogP contribution in [0.5, 0.6) is 5.75 Å². The molecule has 0 aromatic heterocycles. The molecule has 1 rings (SSSR count). The van der Waals surface area contributed by atoms with Crippen molar-refractivity contribution in [1.82, 2.24) is 0 Å². The number of methoxy groups -OCH3 is 1. The average Bonchev–Trinajstić information content (AvgIpc) is 2.04. The second kappa shape index (κ2) is 4.72. The van der Waals surface area contributed by atoms with Crippen LogP contribution in [-0.4, -0.2) is 18.2 Å². The van der Waals surface area contributed by atoms with Crippen molar-refractivity contribution in [2.24, 2.45) is 0 Å². The largest absolute Gasteiger partial charge is 0.496 e. The molecule has 0 aliphatic carbocycles. The zero-order valence-electron chi connectivity index (χ0n) is 7.40. The number of aromatic carboxylic acids is 1. The Balaban J connectivity index is 0.00000144. The third kappa shape index (κ3) is 2.36. The van der Waals surface area contributed by atoms with E-state index in [0.717, 1.165) is 0 Å². The summed E-state index contributed by atoms with van der Waals surface area (Å²) in [6, 6.07) is 4.96. The molecule has 0 spiro atoms. The highest BCUT2D eigenvalue weighted by Crippen LogP contribution is 2.20. The van der Waals surface area contributed by atoms with Crippen LogP contribution in [-0.2, 0) is 0 Å². The van der Waals surface area contributed by atoms with Gasteiger partial charge in [0.2, 0.25) is 0 Å². The highest BCUT2D eigenvalue weighted by atomic mass is 35.5. The van der Waals surface area contributed by atoms with Gasteiger partial charge < -0.3 is 9.84 Å². The van der Waals surface area contributed by atoms with Gasteiger partial charge in [0.1, 0.15) is 5.75 Å². The van der Waals surface area contributed by atoms with Gasteiger partial charge in [0.15, 0.2) is 0 Å². The van der Waals surface area contributed by atoms with Crippen LogP contribution in [0, 0.1) is 6.92 Å². The summed E-state index contributed by atoms with van der Waals surface area (Å²) >= 11 is 0. The number of hydrogen-bond acceptors (Lipinski definition) is 2. The average molecular weight is 203 g/mol. The van der Waals surface area contributed by atoms with Crippen molar-refractivity contribution >= 4 is 18.4 Å². The van der Waals surface area contributed by atoms with E-state index in [1.165, 1.54) is 7.11 Å². The molecule has 0 saturated heterocycles. The van der Waals surface area contributed by atoms with Crippen molar-refractivity contribution in [2.75, 3.05) is 7.11 Å².